The third-order valence-corrected chi connectivity index (χ3v) is 6.04. The molecule has 2 aromatic carbocycles. The van der Waals surface area contributed by atoms with E-state index in [1.54, 1.807) is 0 Å². The average molecular weight is 343 g/mol. The van der Waals surface area contributed by atoms with Crippen LogP contribution in [-0.4, -0.2) is 14.5 Å². The molecule has 2 heteroatoms. The van der Waals surface area contributed by atoms with Crippen LogP contribution in [-0.2, 0) is 6.42 Å². The summed E-state index contributed by atoms with van der Waals surface area (Å²) < 4.78 is 15.8. The van der Waals surface area contributed by atoms with Crippen molar-refractivity contribution in [1.29, 1.82) is 0 Å². The summed E-state index contributed by atoms with van der Waals surface area (Å²) in [4.78, 5) is 0. The van der Waals surface area contributed by atoms with Crippen LogP contribution in [0.15, 0.2) is 54.6 Å². The van der Waals surface area contributed by atoms with Gasteiger partial charge in [0.25, 0.3) is 0 Å². The molecule has 0 unspecified atom stereocenters. The van der Waals surface area contributed by atoms with Crippen molar-refractivity contribution in [1.82, 2.24) is 0 Å². The molecule has 0 spiro atoms. The molecule has 0 fully saturated rings. The van der Waals surface area contributed by atoms with Crippen LogP contribution < -0.4 is 0 Å². The molecule has 0 nitrogen and oxygen atoms in total. The molecular formula is C19H17FSe. The van der Waals surface area contributed by atoms with Gasteiger partial charge in [-0.1, -0.05) is 0 Å². The predicted molar refractivity (Wildman–Crippen MR) is 87.5 cm³/mol. The van der Waals surface area contributed by atoms with Gasteiger partial charge in [-0.2, -0.15) is 0 Å². The normalized spacial score (nSPS) is 10.8. The van der Waals surface area contributed by atoms with E-state index in [1.807, 2.05) is 12.1 Å². The third-order valence-electron chi connectivity index (χ3n) is 3.66. The Morgan fingerprint density at radius 1 is 0.905 bits per heavy atom. The second kappa shape index (κ2) is 6.01. The maximum atomic E-state index is 13.0. The molecule has 0 saturated carbocycles. The Bertz CT molecular complexity index is 753. The second-order valence-electron chi connectivity index (χ2n) is 5.38. The third kappa shape index (κ3) is 3.34. The quantitative estimate of drug-likeness (QED) is 0.602. The van der Waals surface area contributed by atoms with Gasteiger partial charge in [0.2, 0.25) is 0 Å². The van der Waals surface area contributed by atoms with Gasteiger partial charge in [-0.15, -0.1) is 0 Å². The van der Waals surface area contributed by atoms with E-state index in [9.17, 15) is 4.39 Å². The van der Waals surface area contributed by atoms with Crippen molar-refractivity contribution in [3.05, 3.63) is 81.5 Å². The van der Waals surface area contributed by atoms with Crippen molar-refractivity contribution in [2.45, 2.75) is 20.3 Å². The first kappa shape index (κ1) is 14.3. The van der Waals surface area contributed by atoms with Gasteiger partial charge in [0.15, 0.2) is 0 Å². The Morgan fingerprint density at radius 3 is 2.43 bits per heavy atom. The summed E-state index contributed by atoms with van der Waals surface area (Å²) in [6.07, 6.45) is 1.02. The molecule has 0 aliphatic rings. The number of hydrogen-bond donors (Lipinski definition) is 0. The van der Waals surface area contributed by atoms with Gasteiger partial charge in [-0.3, -0.25) is 0 Å². The van der Waals surface area contributed by atoms with Crippen LogP contribution >= 0.6 is 0 Å². The van der Waals surface area contributed by atoms with Gasteiger partial charge in [-0.05, 0) is 0 Å². The Morgan fingerprint density at radius 2 is 1.67 bits per heavy atom. The van der Waals surface area contributed by atoms with Crippen molar-refractivity contribution in [2.75, 3.05) is 0 Å². The van der Waals surface area contributed by atoms with Crippen LogP contribution in [0.5, 0.6) is 0 Å². The van der Waals surface area contributed by atoms with Crippen LogP contribution in [0.3, 0.4) is 0 Å². The fourth-order valence-corrected chi connectivity index (χ4v) is 4.59. The van der Waals surface area contributed by atoms with Crippen molar-refractivity contribution in [2.24, 2.45) is 0 Å². The van der Waals surface area contributed by atoms with Crippen LogP contribution in [0, 0.1) is 19.7 Å². The van der Waals surface area contributed by atoms with E-state index in [0.717, 1.165) is 12.0 Å². The molecule has 0 aliphatic heterocycles. The molecule has 3 rings (SSSR count). The summed E-state index contributed by atoms with van der Waals surface area (Å²) in [6.45, 7) is 4.31. The standard InChI is InChI=1S/C19H17FSe/c1-13-3-4-14(2)16(11-13)12-18-9-10-19(21-18)15-5-7-17(20)8-6-15/h3-11H,12H2,1-2H3. The number of benzene rings is 2. The summed E-state index contributed by atoms with van der Waals surface area (Å²) in [5.74, 6) is -0.173. The summed E-state index contributed by atoms with van der Waals surface area (Å²) in [7, 11) is 0. The van der Waals surface area contributed by atoms with E-state index in [1.165, 1.54) is 37.7 Å². The summed E-state index contributed by atoms with van der Waals surface area (Å²) >= 11 is 0.341. The number of hydrogen-bond acceptors (Lipinski definition) is 0. The van der Waals surface area contributed by atoms with E-state index in [4.69, 9.17) is 0 Å². The van der Waals surface area contributed by atoms with E-state index in [0.29, 0.717) is 14.5 Å². The van der Waals surface area contributed by atoms with Gasteiger partial charge in [0.1, 0.15) is 0 Å². The molecular weight excluding hydrogens is 326 g/mol. The number of halogens is 1. The molecule has 1 aromatic heterocycles. The molecule has 21 heavy (non-hydrogen) atoms. The molecule has 0 amide bonds. The average Bonchev–Trinajstić information content (AvgIpc) is 2.92. The first-order chi connectivity index (χ1) is 10.1. The number of aryl methyl sites for hydroxylation is 2. The fourth-order valence-electron chi connectivity index (χ4n) is 2.42. The van der Waals surface area contributed by atoms with E-state index < -0.39 is 0 Å². The zero-order chi connectivity index (χ0) is 14.8. The molecule has 1 heterocycles. The SMILES string of the molecule is Cc1ccc(C)c(Cc2ccc(-c3ccc(F)cc3)[se]2)c1. The van der Waals surface area contributed by atoms with Gasteiger partial charge in [0.05, 0.1) is 0 Å². The Hall–Kier alpha value is -1.63. The topological polar surface area (TPSA) is 0 Å². The second-order valence-corrected chi connectivity index (χ2v) is 7.83. The van der Waals surface area contributed by atoms with Crippen molar-refractivity contribution < 1.29 is 4.39 Å². The van der Waals surface area contributed by atoms with Crippen molar-refractivity contribution in [3.63, 3.8) is 0 Å². The van der Waals surface area contributed by atoms with Crippen molar-refractivity contribution >= 4 is 14.5 Å². The molecule has 106 valence electrons. The van der Waals surface area contributed by atoms with Gasteiger partial charge in [0, 0.05) is 0 Å². The van der Waals surface area contributed by atoms with E-state index in [2.05, 4.69) is 44.2 Å². The van der Waals surface area contributed by atoms with Crippen LogP contribution in [0.25, 0.3) is 10.0 Å². The van der Waals surface area contributed by atoms with Crippen LogP contribution in [0.2, 0.25) is 0 Å². The van der Waals surface area contributed by atoms with Crippen LogP contribution in [0.4, 0.5) is 4.39 Å². The molecule has 0 saturated heterocycles. The summed E-state index contributed by atoms with van der Waals surface area (Å²) in [5.41, 5.74) is 5.22. The minimum atomic E-state index is -0.173. The predicted octanol–water partition coefficient (Wildman–Crippen LogP) is 4.76. The monoisotopic (exact) mass is 344 g/mol. The van der Waals surface area contributed by atoms with Crippen molar-refractivity contribution in [3.8, 4) is 10.0 Å². The van der Waals surface area contributed by atoms with E-state index >= 15 is 0 Å². The zero-order valence-corrected chi connectivity index (χ0v) is 13.9. The van der Waals surface area contributed by atoms with Gasteiger partial charge >= 0.3 is 131 Å². The molecule has 0 radical (unpaired) electrons. The van der Waals surface area contributed by atoms with E-state index in [-0.39, 0.29) is 5.82 Å². The first-order valence-corrected chi connectivity index (χ1v) is 8.74. The van der Waals surface area contributed by atoms with Gasteiger partial charge < -0.3 is 0 Å². The summed E-state index contributed by atoms with van der Waals surface area (Å²) in [6, 6.07) is 17.9. The first-order valence-electron chi connectivity index (χ1n) is 7.02. The number of rotatable bonds is 3. The molecule has 3 aromatic rings. The maximum absolute atomic E-state index is 13.0. The van der Waals surface area contributed by atoms with Gasteiger partial charge in [-0.25, -0.2) is 0 Å². The molecule has 0 bridgehead atoms. The molecule has 0 atom stereocenters. The molecule has 0 N–H and O–H groups in total. The Balaban J connectivity index is 1.85. The van der Waals surface area contributed by atoms with Crippen LogP contribution in [0.1, 0.15) is 21.1 Å². The summed E-state index contributed by atoms with van der Waals surface area (Å²) in [5, 5.41) is 0. The Kier molecular flexibility index (Phi) is 4.10. The Labute approximate surface area is 131 Å². The fraction of sp³-hybridized carbons (Fsp3) is 0.158. The molecule has 0 aliphatic carbocycles. The zero-order valence-electron chi connectivity index (χ0n) is 12.2. The minimum absolute atomic E-state index is 0.173.